The molecule has 0 saturated carbocycles. The Labute approximate surface area is 95.6 Å². The van der Waals surface area contributed by atoms with Crippen molar-refractivity contribution in [2.75, 3.05) is 6.61 Å². The Morgan fingerprint density at radius 2 is 1.71 bits per heavy atom. The minimum absolute atomic E-state index is 0.163. The first-order valence-electron chi connectivity index (χ1n) is 4.41. The van der Waals surface area contributed by atoms with Crippen LogP contribution in [0.3, 0.4) is 0 Å². The van der Waals surface area contributed by atoms with E-state index in [9.17, 15) is 0 Å². The Hall–Kier alpha value is -0.620. The topological polar surface area (TPSA) is 81.5 Å². The van der Waals surface area contributed by atoms with Crippen molar-refractivity contribution in [2.45, 2.75) is 32.6 Å². The Balaban J connectivity index is 0. The van der Waals surface area contributed by atoms with Gasteiger partial charge in [0.1, 0.15) is 0 Å². The van der Waals surface area contributed by atoms with E-state index >= 15 is 0 Å². The lowest BCUT2D eigenvalue weighted by Gasteiger charge is -2.01. The number of thiocarbonyl (C=S) groups is 2. The predicted octanol–water partition coefficient (Wildman–Crippen LogP) is 1.61. The number of hydrogen-bond acceptors (Lipinski definition) is 3. The summed E-state index contributed by atoms with van der Waals surface area (Å²) in [6.45, 7) is 2.85. The normalized spacial score (nSPS) is 8.36. The first-order valence-corrected chi connectivity index (χ1v) is 5.23. The highest BCUT2D eigenvalue weighted by atomic mass is 32.1. The summed E-state index contributed by atoms with van der Waals surface area (Å²) >= 11 is 8.40. The van der Waals surface area contributed by atoms with Gasteiger partial charge in [-0.1, -0.05) is 26.2 Å². The fourth-order valence-electron chi connectivity index (χ4n) is 0.702. The van der Waals surface area contributed by atoms with Gasteiger partial charge in [0.2, 0.25) is 0 Å². The van der Waals surface area contributed by atoms with Crippen molar-refractivity contribution in [3.05, 3.63) is 0 Å². The summed E-state index contributed by atoms with van der Waals surface area (Å²) in [7, 11) is 0. The number of hydrogen-bond donors (Lipinski definition) is 3. The molecule has 6 heteroatoms. The molecular weight excluding hydrogens is 220 g/mol. The standard InChI is InChI=1S/C7H15NOS.CH3NOS/c1-2-3-4-5-6-9-7(8)10;2-1(3)4/h2-6H2,1H3,(H2,8,10);(H3,2,3,4). The Kier molecular flexibility index (Phi) is 14.0. The molecule has 84 valence electrons. The Bertz CT molecular complexity index is 161. The zero-order valence-corrected chi connectivity index (χ0v) is 10.00. The third-order valence-electron chi connectivity index (χ3n) is 1.24. The van der Waals surface area contributed by atoms with Gasteiger partial charge >= 0.3 is 0 Å². The van der Waals surface area contributed by atoms with E-state index in [-0.39, 0.29) is 5.17 Å². The highest BCUT2D eigenvalue weighted by Crippen LogP contribution is 1.98. The summed E-state index contributed by atoms with van der Waals surface area (Å²) in [5, 5.41) is 7.23. The summed E-state index contributed by atoms with van der Waals surface area (Å²) in [6, 6.07) is 0. The maximum absolute atomic E-state index is 7.56. The van der Waals surface area contributed by atoms with Crippen LogP contribution in [-0.4, -0.2) is 22.1 Å². The summed E-state index contributed by atoms with van der Waals surface area (Å²) < 4.78 is 4.90. The van der Waals surface area contributed by atoms with Crippen molar-refractivity contribution in [3.63, 3.8) is 0 Å². The van der Waals surface area contributed by atoms with Gasteiger partial charge in [0, 0.05) is 0 Å². The van der Waals surface area contributed by atoms with Crippen molar-refractivity contribution in [1.29, 1.82) is 0 Å². The maximum atomic E-state index is 7.56. The summed E-state index contributed by atoms with van der Waals surface area (Å²) in [5.74, 6) is 0. The molecule has 0 rings (SSSR count). The van der Waals surface area contributed by atoms with Crippen molar-refractivity contribution in [3.8, 4) is 0 Å². The fourth-order valence-corrected chi connectivity index (χ4v) is 0.785. The SMILES string of the molecule is CCCCCCOC(N)=S.NC(O)=S. The summed E-state index contributed by atoms with van der Waals surface area (Å²) in [5.41, 5.74) is 9.51. The van der Waals surface area contributed by atoms with E-state index < -0.39 is 5.17 Å². The van der Waals surface area contributed by atoms with Gasteiger partial charge in [-0.05, 0) is 30.9 Å². The van der Waals surface area contributed by atoms with E-state index in [0.29, 0.717) is 6.61 Å². The monoisotopic (exact) mass is 238 g/mol. The van der Waals surface area contributed by atoms with E-state index in [0.717, 1.165) is 6.42 Å². The van der Waals surface area contributed by atoms with E-state index in [4.69, 9.17) is 15.6 Å². The third-order valence-corrected chi connectivity index (χ3v) is 1.36. The molecule has 0 aromatic heterocycles. The van der Waals surface area contributed by atoms with E-state index in [1.165, 1.54) is 19.3 Å². The molecule has 0 aliphatic carbocycles. The highest BCUT2D eigenvalue weighted by Gasteiger charge is 1.89. The average Bonchev–Trinajstić information content (AvgIpc) is 2.02. The van der Waals surface area contributed by atoms with Crippen LogP contribution in [0.5, 0.6) is 0 Å². The number of nitrogens with two attached hydrogens (primary N) is 2. The second kappa shape index (κ2) is 12.4. The lowest BCUT2D eigenvalue weighted by Crippen LogP contribution is -2.13. The molecule has 0 bridgehead atoms. The number of unbranched alkanes of at least 4 members (excludes halogenated alkanes) is 3. The molecule has 14 heavy (non-hydrogen) atoms. The molecule has 0 unspecified atom stereocenters. The van der Waals surface area contributed by atoms with Crippen LogP contribution in [0.2, 0.25) is 0 Å². The second-order valence-electron chi connectivity index (χ2n) is 2.57. The minimum Gasteiger partial charge on any atom is -0.487 e. The zero-order chi connectivity index (χ0) is 11.4. The number of rotatable bonds is 5. The molecular formula is C8H18N2O2S2. The number of ether oxygens (including phenoxy) is 1. The molecule has 0 heterocycles. The van der Waals surface area contributed by atoms with Crippen molar-refractivity contribution >= 4 is 34.8 Å². The zero-order valence-electron chi connectivity index (χ0n) is 8.36. The third kappa shape index (κ3) is 30.1. The van der Waals surface area contributed by atoms with Crippen molar-refractivity contribution < 1.29 is 9.84 Å². The van der Waals surface area contributed by atoms with Gasteiger partial charge < -0.3 is 21.3 Å². The van der Waals surface area contributed by atoms with Crippen LogP contribution in [-0.2, 0) is 4.74 Å². The van der Waals surface area contributed by atoms with E-state index in [1.54, 1.807) is 0 Å². The molecule has 5 N–H and O–H groups in total. The van der Waals surface area contributed by atoms with Crippen LogP contribution in [0.15, 0.2) is 0 Å². The van der Waals surface area contributed by atoms with Crippen LogP contribution in [0.25, 0.3) is 0 Å². The van der Waals surface area contributed by atoms with Gasteiger partial charge in [0.25, 0.3) is 10.3 Å². The van der Waals surface area contributed by atoms with Crippen LogP contribution in [0, 0.1) is 0 Å². The quantitative estimate of drug-likeness (QED) is 0.499. The number of aliphatic hydroxyl groups is 1. The number of aliphatic hydroxyl groups excluding tert-OH is 1. The lowest BCUT2D eigenvalue weighted by molar-refractivity contribution is 0.296. The molecule has 0 amide bonds. The van der Waals surface area contributed by atoms with Crippen LogP contribution in [0.1, 0.15) is 32.6 Å². The summed E-state index contributed by atoms with van der Waals surface area (Å²) in [4.78, 5) is 0. The molecule has 0 aromatic rings. The molecule has 0 aliphatic rings. The second-order valence-corrected chi connectivity index (χ2v) is 3.39. The molecule has 4 nitrogen and oxygen atoms in total. The van der Waals surface area contributed by atoms with Gasteiger partial charge in [-0.2, -0.15) is 0 Å². The molecule has 0 aromatic carbocycles. The smallest absolute Gasteiger partial charge is 0.253 e. The molecule has 0 spiro atoms. The van der Waals surface area contributed by atoms with Crippen molar-refractivity contribution in [2.24, 2.45) is 11.5 Å². The molecule has 0 fully saturated rings. The van der Waals surface area contributed by atoms with Gasteiger partial charge in [-0.15, -0.1) is 0 Å². The molecule has 0 atom stereocenters. The van der Waals surface area contributed by atoms with E-state index in [1.807, 2.05) is 0 Å². The van der Waals surface area contributed by atoms with Gasteiger partial charge in [0.15, 0.2) is 0 Å². The van der Waals surface area contributed by atoms with E-state index in [2.05, 4.69) is 37.1 Å². The molecule has 0 aliphatic heterocycles. The largest absolute Gasteiger partial charge is 0.487 e. The average molecular weight is 238 g/mol. The first kappa shape index (κ1) is 15.8. The fraction of sp³-hybridized carbons (Fsp3) is 0.750. The van der Waals surface area contributed by atoms with Gasteiger partial charge in [-0.3, -0.25) is 0 Å². The van der Waals surface area contributed by atoms with Gasteiger partial charge in [-0.25, -0.2) is 0 Å². The lowest BCUT2D eigenvalue weighted by atomic mass is 10.2. The Morgan fingerprint density at radius 3 is 2.07 bits per heavy atom. The summed E-state index contributed by atoms with van der Waals surface area (Å²) in [6.07, 6.45) is 4.78. The van der Waals surface area contributed by atoms with Crippen LogP contribution < -0.4 is 11.5 Å². The highest BCUT2D eigenvalue weighted by molar-refractivity contribution is 7.80. The van der Waals surface area contributed by atoms with Gasteiger partial charge in [0.05, 0.1) is 6.61 Å². The van der Waals surface area contributed by atoms with Crippen molar-refractivity contribution in [1.82, 2.24) is 0 Å². The Morgan fingerprint density at radius 1 is 1.21 bits per heavy atom. The first-order chi connectivity index (χ1) is 6.50. The maximum Gasteiger partial charge on any atom is 0.253 e. The van der Waals surface area contributed by atoms with Crippen LogP contribution in [0.4, 0.5) is 0 Å². The predicted molar refractivity (Wildman–Crippen MR) is 66.3 cm³/mol. The molecule has 0 saturated heterocycles. The molecule has 0 radical (unpaired) electrons. The minimum atomic E-state index is -0.500. The van der Waals surface area contributed by atoms with Crippen LogP contribution >= 0.6 is 24.4 Å².